The number of guanidine groups is 1. The van der Waals surface area contributed by atoms with Gasteiger partial charge in [0.15, 0.2) is 5.96 Å². The summed E-state index contributed by atoms with van der Waals surface area (Å²) in [6.45, 7) is 5.51. The second-order valence-corrected chi connectivity index (χ2v) is 5.31. The SMILES string of the molecule is CCCCOCCCNC(=NC)NCCc1ccccc1OC.I. The van der Waals surface area contributed by atoms with Gasteiger partial charge in [-0.2, -0.15) is 0 Å². The molecule has 1 aromatic carbocycles. The van der Waals surface area contributed by atoms with Crippen LogP contribution in [0.3, 0.4) is 0 Å². The molecule has 0 radical (unpaired) electrons. The molecule has 0 aliphatic rings. The van der Waals surface area contributed by atoms with Gasteiger partial charge in [0, 0.05) is 33.4 Å². The van der Waals surface area contributed by atoms with Gasteiger partial charge >= 0.3 is 0 Å². The number of hydrogen-bond donors (Lipinski definition) is 2. The van der Waals surface area contributed by atoms with Crippen LogP contribution in [0.2, 0.25) is 0 Å². The Morgan fingerprint density at radius 3 is 2.50 bits per heavy atom. The molecule has 5 nitrogen and oxygen atoms in total. The van der Waals surface area contributed by atoms with E-state index in [1.807, 2.05) is 18.2 Å². The molecular formula is C18H32IN3O2. The lowest BCUT2D eigenvalue weighted by molar-refractivity contribution is 0.129. The largest absolute Gasteiger partial charge is 0.496 e. The van der Waals surface area contributed by atoms with Crippen LogP contribution in [0.1, 0.15) is 31.7 Å². The second kappa shape index (κ2) is 15.5. The first-order chi connectivity index (χ1) is 11.3. The van der Waals surface area contributed by atoms with Gasteiger partial charge in [0.05, 0.1) is 7.11 Å². The Balaban J connectivity index is 0.00000529. The number of rotatable bonds is 11. The molecule has 0 fully saturated rings. The molecule has 1 rings (SSSR count). The van der Waals surface area contributed by atoms with Crippen LogP contribution in [0.15, 0.2) is 29.3 Å². The lowest BCUT2D eigenvalue weighted by Gasteiger charge is -2.13. The van der Waals surface area contributed by atoms with Crippen LogP contribution in [0.4, 0.5) is 0 Å². The third-order valence-electron chi connectivity index (χ3n) is 3.50. The Bertz CT molecular complexity index is 456. The molecule has 0 aliphatic carbocycles. The Morgan fingerprint density at radius 1 is 1.08 bits per heavy atom. The van der Waals surface area contributed by atoms with Gasteiger partial charge in [-0.3, -0.25) is 4.99 Å². The van der Waals surface area contributed by atoms with E-state index in [0.717, 1.165) is 57.3 Å². The number of nitrogens with zero attached hydrogens (tertiary/aromatic N) is 1. The monoisotopic (exact) mass is 449 g/mol. The normalized spacial score (nSPS) is 10.9. The lowest BCUT2D eigenvalue weighted by Crippen LogP contribution is -2.39. The van der Waals surface area contributed by atoms with Crippen molar-refractivity contribution in [2.45, 2.75) is 32.6 Å². The molecule has 0 aliphatic heterocycles. The van der Waals surface area contributed by atoms with Gasteiger partial charge < -0.3 is 20.1 Å². The fourth-order valence-corrected chi connectivity index (χ4v) is 2.18. The van der Waals surface area contributed by atoms with E-state index >= 15 is 0 Å². The summed E-state index contributed by atoms with van der Waals surface area (Å²) in [6, 6.07) is 8.09. The molecule has 0 unspecified atom stereocenters. The lowest BCUT2D eigenvalue weighted by atomic mass is 10.1. The number of ether oxygens (including phenoxy) is 2. The van der Waals surface area contributed by atoms with Crippen molar-refractivity contribution in [3.8, 4) is 5.75 Å². The van der Waals surface area contributed by atoms with Crippen LogP contribution in [-0.4, -0.2) is 46.4 Å². The molecule has 0 heterocycles. The molecule has 24 heavy (non-hydrogen) atoms. The highest BCUT2D eigenvalue weighted by Gasteiger charge is 2.02. The highest BCUT2D eigenvalue weighted by molar-refractivity contribution is 14.0. The number of nitrogens with one attached hydrogen (secondary N) is 2. The number of aliphatic imine (C=N–C) groups is 1. The van der Waals surface area contributed by atoms with Crippen molar-refractivity contribution in [3.05, 3.63) is 29.8 Å². The molecule has 1 aromatic rings. The third-order valence-corrected chi connectivity index (χ3v) is 3.50. The fraction of sp³-hybridized carbons (Fsp3) is 0.611. The quantitative estimate of drug-likeness (QED) is 0.236. The topological polar surface area (TPSA) is 54.9 Å². The Hall–Kier alpha value is -1.02. The van der Waals surface area contributed by atoms with E-state index < -0.39 is 0 Å². The molecule has 0 atom stereocenters. The van der Waals surface area contributed by atoms with E-state index in [4.69, 9.17) is 9.47 Å². The van der Waals surface area contributed by atoms with Crippen molar-refractivity contribution < 1.29 is 9.47 Å². The number of benzene rings is 1. The summed E-state index contributed by atoms with van der Waals surface area (Å²) in [5, 5.41) is 6.63. The van der Waals surface area contributed by atoms with Gasteiger partial charge in [0.1, 0.15) is 5.75 Å². The summed E-state index contributed by atoms with van der Waals surface area (Å²) >= 11 is 0. The number of methoxy groups -OCH3 is 1. The van der Waals surface area contributed by atoms with E-state index in [9.17, 15) is 0 Å². The van der Waals surface area contributed by atoms with Gasteiger partial charge in [0.25, 0.3) is 0 Å². The minimum absolute atomic E-state index is 0. The van der Waals surface area contributed by atoms with Crippen LogP contribution in [0, 0.1) is 0 Å². The van der Waals surface area contributed by atoms with Gasteiger partial charge in [-0.25, -0.2) is 0 Å². The minimum atomic E-state index is 0. The number of hydrogen-bond acceptors (Lipinski definition) is 3. The predicted molar refractivity (Wildman–Crippen MR) is 112 cm³/mol. The summed E-state index contributed by atoms with van der Waals surface area (Å²) < 4.78 is 10.9. The number of halogens is 1. The summed E-state index contributed by atoms with van der Waals surface area (Å²) in [5.41, 5.74) is 1.20. The average Bonchev–Trinajstić information content (AvgIpc) is 2.59. The summed E-state index contributed by atoms with van der Waals surface area (Å²) in [6.07, 6.45) is 4.20. The maximum atomic E-state index is 5.54. The van der Waals surface area contributed by atoms with Gasteiger partial charge in [-0.05, 0) is 30.9 Å². The summed E-state index contributed by atoms with van der Waals surface area (Å²) in [5.74, 6) is 1.76. The van der Waals surface area contributed by atoms with Gasteiger partial charge in [-0.15, -0.1) is 24.0 Å². The fourth-order valence-electron chi connectivity index (χ4n) is 2.18. The zero-order valence-corrected chi connectivity index (χ0v) is 17.5. The standard InChI is InChI=1S/C18H31N3O2.HI/c1-4-5-14-23-15-8-12-20-18(19-2)21-13-11-16-9-6-7-10-17(16)22-3;/h6-7,9-10H,4-5,8,11-15H2,1-3H3,(H2,19,20,21);1H. The molecule has 0 spiro atoms. The van der Waals surface area contributed by atoms with Crippen molar-refractivity contribution >= 4 is 29.9 Å². The summed E-state index contributed by atoms with van der Waals surface area (Å²) in [4.78, 5) is 4.23. The first kappa shape index (κ1) is 23.0. The highest BCUT2D eigenvalue weighted by atomic mass is 127. The van der Waals surface area contributed by atoms with E-state index in [2.05, 4.69) is 28.6 Å². The van der Waals surface area contributed by atoms with Crippen molar-refractivity contribution in [3.63, 3.8) is 0 Å². The predicted octanol–water partition coefficient (Wildman–Crippen LogP) is 3.23. The van der Waals surface area contributed by atoms with Crippen molar-refractivity contribution in [1.82, 2.24) is 10.6 Å². The molecule has 0 saturated heterocycles. The molecule has 0 bridgehead atoms. The van der Waals surface area contributed by atoms with Crippen LogP contribution in [-0.2, 0) is 11.2 Å². The maximum absolute atomic E-state index is 5.54. The van der Waals surface area contributed by atoms with Crippen molar-refractivity contribution in [1.29, 1.82) is 0 Å². The highest BCUT2D eigenvalue weighted by Crippen LogP contribution is 2.17. The maximum Gasteiger partial charge on any atom is 0.190 e. The second-order valence-electron chi connectivity index (χ2n) is 5.31. The van der Waals surface area contributed by atoms with Crippen LogP contribution in [0.25, 0.3) is 0 Å². The molecule has 2 N–H and O–H groups in total. The molecule has 0 aromatic heterocycles. The van der Waals surface area contributed by atoms with Gasteiger partial charge in [0.2, 0.25) is 0 Å². The number of unbranched alkanes of at least 4 members (excludes halogenated alkanes) is 1. The minimum Gasteiger partial charge on any atom is -0.496 e. The Labute approximate surface area is 163 Å². The van der Waals surface area contributed by atoms with E-state index in [-0.39, 0.29) is 24.0 Å². The summed E-state index contributed by atoms with van der Waals surface area (Å²) in [7, 11) is 3.49. The van der Waals surface area contributed by atoms with Gasteiger partial charge in [-0.1, -0.05) is 31.5 Å². The number of para-hydroxylation sites is 1. The molecule has 138 valence electrons. The first-order valence-corrected chi connectivity index (χ1v) is 8.46. The molecule has 6 heteroatoms. The third kappa shape index (κ3) is 9.97. The Kier molecular flexibility index (Phi) is 14.8. The van der Waals surface area contributed by atoms with Crippen LogP contribution in [0.5, 0.6) is 5.75 Å². The van der Waals surface area contributed by atoms with Crippen LogP contribution < -0.4 is 15.4 Å². The van der Waals surface area contributed by atoms with E-state index in [0.29, 0.717) is 0 Å². The van der Waals surface area contributed by atoms with E-state index in [1.165, 1.54) is 12.0 Å². The molecular weight excluding hydrogens is 417 g/mol. The smallest absolute Gasteiger partial charge is 0.190 e. The zero-order valence-electron chi connectivity index (χ0n) is 15.1. The van der Waals surface area contributed by atoms with Crippen LogP contribution >= 0.6 is 24.0 Å². The first-order valence-electron chi connectivity index (χ1n) is 8.46. The van der Waals surface area contributed by atoms with Crippen molar-refractivity contribution in [2.24, 2.45) is 4.99 Å². The zero-order chi connectivity index (χ0) is 16.8. The molecule has 0 saturated carbocycles. The van der Waals surface area contributed by atoms with Crippen molar-refractivity contribution in [2.75, 3.05) is 40.5 Å². The molecule has 0 amide bonds. The Morgan fingerprint density at radius 2 is 1.79 bits per heavy atom. The van der Waals surface area contributed by atoms with E-state index in [1.54, 1.807) is 14.2 Å². The average molecular weight is 449 g/mol.